The van der Waals surface area contributed by atoms with E-state index in [4.69, 9.17) is 23.2 Å². The lowest BCUT2D eigenvalue weighted by atomic mass is 10.1. The zero-order valence-electron chi connectivity index (χ0n) is 8.30. The number of quaternary nitrogens is 1. The normalized spacial score (nSPS) is 12.3. The maximum atomic E-state index is 11.0. The first-order valence-corrected chi connectivity index (χ1v) is 5.15. The zero-order chi connectivity index (χ0) is 11.4. The SMILES string of the molecule is COC(=O)C[C@@H]([NH3+])c1ccc(Cl)c(Cl)c1. The first-order chi connectivity index (χ1) is 7.04. The van der Waals surface area contributed by atoms with Gasteiger partial charge in [-0.25, -0.2) is 0 Å². The number of halogens is 2. The molecule has 0 bridgehead atoms. The van der Waals surface area contributed by atoms with E-state index in [-0.39, 0.29) is 18.4 Å². The molecule has 1 aromatic carbocycles. The Bertz CT molecular complexity index is 368. The van der Waals surface area contributed by atoms with Crippen LogP contribution in [0.15, 0.2) is 18.2 Å². The summed E-state index contributed by atoms with van der Waals surface area (Å²) in [5.41, 5.74) is 4.73. The lowest BCUT2D eigenvalue weighted by molar-refractivity contribution is -0.425. The maximum Gasteiger partial charge on any atom is 0.311 e. The molecule has 0 amide bonds. The standard InChI is InChI=1S/C10H11Cl2NO2/c1-15-10(14)5-9(13)6-2-3-7(11)8(12)4-6/h2-4,9H,5,13H2,1H3/p+1/t9-/m1/s1. The summed E-state index contributed by atoms with van der Waals surface area (Å²) in [6.45, 7) is 0. The maximum absolute atomic E-state index is 11.0. The highest BCUT2D eigenvalue weighted by Crippen LogP contribution is 2.25. The van der Waals surface area contributed by atoms with Gasteiger partial charge in [0.15, 0.2) is 0 Å². The van der Waals surface area contributed by atoms with Crippen molar-refractivity contribution in [3.05, 3.63) is 33.8 Å². The summed E-state index contributed by atoms with van der Waals surface area (Å²) in [4.78, 5) is 11.0. The molecule has 0 heterocycles. The summed E-state index contributed by atoms with van der Waals surface area (Å²) < 4.78 is 4.56. The highest BCUT2D eigenvalue weighted by molar-refractivity contribution is 6.42. The van der Waals surface area contributed by atoms with Crippen LogP contribution in [0, 0.1) is 0 Å². The molecule has 0 fully saturated rings. The minimum atomic E-state index is -0.291. The van der Waals surface area contributed by atoms with E-state index in [9.17, 15) is 4.79 Å². The van der Waals surface area contributed by atoms with Gasteiger partial charge in [0.2, 0.25) is 0 Å². The molecule has 0 saturated carbocycles. The molecule has 1 atom stereocenters. The number of rotatable bonds is 3. The van der Waals surface area contributed by atoms with Gasteiger partial charge in [-0.2, -0.15) is 0 Å². The van der Waals surface area contributed by atoms with Gasteiger partial charge >= 0.3 is 5.97 Å². The van der Waals surface area contributed by atoms with Crippen molar-refractivity contribution in [1.29, 1.82) is 0 Å². The molecule has 1 aromatic rings. The number of ether oxygens (including phenoxy) is 1. The first kappa shape index (κ1) is 12.3. The molecular formula is C10H12Cl2NO2+. The molecule has 0 aliphatic heterocycles. The molecule has 1 rings (SSSR count). The van der Waals surface area contributed by atoms with Crippen molar-refractivity contribution in [3.63, 3.8) is 0 Å². The van der Waals surface area contributed by atoms with Crippen molar-refractivity contribution in [2.24, 2.45) is 0 Å². The van der Waals surface area contributed by atoms with Crippen LogP contribution >= 0.6 is 23.2 Å². The number of carbonyl (C=O) groups excluding carboxylic acids is 1. The number of hydrogen-bond acceptors (Lipinski definition) is 2. The highest BCUT2D eigenvalue weighted by Gasteiger charge is 2.16. The Labute approximate surface area is 98.1 Å². The summed E-state index contributed by atoms with van der Waals surface area (Å²) in [6.07, 6.45) is 0.231. The Morgan fingerprint density at radius 1 is 1.47 bits per heavy atom. The van der Waals surface area contributed by atoms with E-state index < -0.39 is 0 Å². The van der Waals surface area contributed by atoms with Crippen molar-refractivity contribution in [3.8, 4) is 0 Å². The van der Waals surface area contributed by atoms with Crippen LogP contribution in [-0.2, 0) is 9.53 Å². The van der Waals surface area contributed by atoms with E-state index in [0.717, 1.165) is 5.56 Å². The summed E-state index contributed by atoms with van der Waals surface area (Å²) in [5, 5.41) is 0.957. The van der Waals surface area contributed by atoms with Crippen LogP contribution in [-0.4, -0.2) is 13.1 Å². The van der Waals surface area contributed by atoms with E-state index in [1.54, 1.807) is 18.2 Å². The fourth-order valence-corrected chi connectivity index (χ4v) is 1.48. The topological polar surface area (TPSA) is 53.9 Å². The average Bonchev–Trinajstić information content (AvgIpc) is 2.21. The lowest BCUT2D eigenvalue weighted by Crippen LogP contribution is -2.54. The quantitative estimate of drug-likeness (QED) is 0.831. The predicted molar refractivity (Wildman–Crippen MR) is 58.7 cm³/mol. The lowest BCUT2D eigenvalue weighted by Gasteiger charge is -2.08. The molecule has 82 valence electrons. The van der Waals surface area contributed by atoms with Crippen LogP contribution in [0.3, 0.4) is 0 Å². The number of esters is 1. The third kappa shape index (κ3) is 3.38. The second kappa shape index (κ2) is 5.35. The van der Waals surface area contributed by atoms with Crippen molar-refractivity contribution < 1.29 is 15.3 Å². The largest absolute Gasteiger partial charge is 0.469 e. The average molecular weight is 249 g/mol. The Kier molecular flexibility index (Phi) is 4.39. The third-order valence-corrected chi connectivity index (χ3v) is 2.79. The molecule has 5 heteroatoms. The van der Waals surface area contributed by atoms with Crippen molar-refractivity contribution >= 4 is 29.2 Å². The third-order valence-electron chi connectivity index (χ3n) is 2.06. The predicted octanol–water partition coefficient (Wildman–Crippen LogP) is 1.84. The molecule has 0 aliphatic carbocycles. The highest BCUT2D eigenvalue weighted by atomic mass is 35.5. The molecule has 0 aromatic heterocycles. The number of carbonyl (C=O) groups is 1. The Morgan fingerprint density at radius 3 is 2.67 bits per heavy atom. The van der Waals surface area contributed by atoms with E-state index in [1.807, 2.05) is 0 Å². The monoisotopic (exact) mass is 248 g/mol. The van der Waals surface area contributed by atoms with Crippen LogP contribution in [0.5, 0.6) is 0 Å². The van der Waals surface area contributed by atoms with Gasteiger partial charge in [-0.1, -0.05) is 29.3 Å². The molecule has 0 aliphatic rings. The van der Waals surface area contributed by atoms with E-state index in [1.165, 1.54) is 7.11 Å². The van der Waals surface area contributed by atoms with Gasteiger partial charge in [-0.3, -0.25) is 4.79 Å². The van der Waals surface area contributed by atoms with E-state index in [0.29, 0.717) is 10.0 Å². The number of methoxy groups -OCH3 is 1. The Balaban J connectivity index is 2.78. The van der Waals surface area contributed by atoms with Crippen LogP contribution in [0.25, 0.3) is 0 Å². The summed E-state index contributed by atoms with van der Waals surface area (Å²) in [7, 11) is 1.35. The molecule has 15 heavy (non-hydrogen) atoms. The van der Waals surface area contributed by atoms with Gasteiger partial charge in [0.1, 0.15) is 12.5 Å². The van der Waals surface area contributed by atoms with Gasteiger partial charge in [0, 0.05) is 5.56 Å². The zero-order valence-corrected chi connectivity index (χ0v) is 9.81. The second-order valence-electron chi connectivity index (χ2n) is 3.15. The van der Waals surface area contributed by atoms with E-state index >= 15 is 0 Å². The van der Waals surface area contributed by atoms with Crippen LogP contribution in [0.2, 0.25) is 10.0 Å². The summed E-state index contributed by atoms with van der Waals surface area (Å²) >= 11 is 11.6. The van der Waals surface area contributed by atoms with Gasteiger partial charge < -0.3 is 10.5 Å². The van der Waals surface area contributed by atoms with Gasteiger partial charge in [-0.15, -0.1) is 0 Å². The fourth-order valence-electron chi connectivity index (χ4n) is 1.17. The molecule has 0 spiro atoms. The fraction of sp³-hybridized carbons (Fsp3) is 0.300. The molecule has 0 unspecified atom stereocenters. The molecule has 0 saturated heterocycles. The van der Waals surface area contributed by atoms with E-state index in [2.05, 4.69) is 10.5 Å². The van der Waals surface area contributed by atoms with Crippen molar-refractivity contribution in [2.45, 2.75) is 12.5 Å². The van der Waals surface area contributed by atoms with Gasteiger partial charge in [0.05, 0.1) is 17.2 Å². The minimum Gasteiger partial charge on any atom is -0.469 e. The molecular weight excluding hydrogens is 237 g/mol. The summed E-state index contributed by atoms with van der Waals surface area (Å²) in [5.74, 6) is -0.291. The van der Waals surface area contributed by atoms with Crippen molar-refractivity contribution in [2.75, 3.05) is 7.11 Å². The Hall–Kier alpha value is -0.770. The minimum absolute atomic E-state index is 0.174. The number of hydrogen-bond donors (Lipinski definition) is 1. The number of benzene rings is 1. The second-order valence-corrected chi connectivity index (χ2v) is 3.97. The van der Waals surface area contributed by atoms with Crippen LogP contribution in [0.1, 0.15) is 18.0 Å². The van der Waals surface area contributed by atoms with Crippen LogP contribution in [0.4, 0.5) is 0 Å². The first-order valence-electron chi connectivity index (χ1n) is 4.39. The molecule has 3 nitrogen and oxygen atoms in total. The Morgan fingerprint density at radius 2 is 2.13 bits per heavy atom. The van der Waals surface area contributed by atoms with Gasteiger partial charge in [-0.05, 0) is 12.1 Å². The molecule has 0 radical (unpaired) electrons. The smallest absolute Gasteiger partial charge is 0.311 e. The van der Waals surface area contributed by atoms with Gasteiger partial charge in [0.25, 0.3) is 0 Å². The molecule has 3 N–H and O–H groups in total. The summed E-state index contributed by atoms with van der Waals surface area (Å²) in [6, 6.07) is 5.03. The van der Waals surface area contributed by atoms with Crippen LogP contribution < -0.4 is 5.73 Å². The van der Waals surface area contributed by atoms with Crippen molar-refractivity contribution in [1.82, 2.24) is 0 Å².